The van der Waals surface area contributed by atoms with Gasteiger partial charge < -0.3 is 9.84 Å². The molecule has 3 saturated carbocycles. The lowest BCUT2D eigenvalue weighted by Gasteiger charge is -2.54. The van der Waals surface area contributed by atoms with E-state index < -0.39 is 5.60 Å². The van der Waals surface area contributed by atoms with Crippen LogP contribution in [-0.4, -0.2) is 24.4 Å². The topological polar surface area (TPSA) is 29.5 Å². The first-order chi connectivity index (χ1) is 11.9. The number of allylic oxidation sites excluding steroid dienone is 2. The van der Waals surface area contributed by atoms with E-state index in [9.17, 15) is 5.11 Å². The molecule has 0 aromatic heterocycles. The summed E-state index contributed by atoms with van der Waals surface area (Å²) in [6.07, 6.45) is 12.2. The Morgan fingerprint density at radius 3 is 2.76 bits per heavy atom. The maximum Gasteiger partial charge on any atom is 0.0917 e. The molecule has 2 heteroatoms. The van der Waals surface area contributed by atoms with Gasteiger partial charge in [0.15, 0.2) is 0 Å². The van der Waals surface area contributed by atoms with Crippen molar-refractivity contribution in [1.29, 1.82) is 0 Å². The summed E-state index contributed by atoms with van der Waals surface area (Å²) >= 11 is 0. The molecule has 2 nitrogen and oxygen atoms in total. The van der Waals surface area contributed by atoms with Crippen LogP contribution in [0.25, 0.3) is 0 Å². The quantitative estimate of drug-likeness (QED) is 0.719. The van der Waals surface area contributed by atoms with Crippen molar-refractivity contribution in [2.75, 3.05) is 13.7 Å². The van der Waals surface area contributed by atoms with Gasteiger partial charge in [-0.2, -0.15) is 0 Å². The second-order valence-electron chi connectivity index (χ2n) is 9.95. The van der Waals surface area contributed by atoms with Crippen molar-refractivity contribution in [1.82, 2.24) is 0 Å². The molecule has 140 valence electrons. The van der Waals surface area contributed by atoms with E-state index in [4.69, 9.17) is 4.74 Å². The van der Waals surface area contributed by atoms with Gasteiger partial charge in [0.1, 0.15) is 0 Å². The molecule has 4 rings (SSSR count). The van der Waals surface area contributed by atoms with Crippen LogP contribution < -0.4 is 0 Å². The van der Waals surface area contributed by atoms with Crippen LogP contribution in [-0.2, 0) is 4.74 Å². The number of aliphatic hydroxyl groups is 1. The molecule has 3 fully saturated rings. The molecule has 7 atom stereocenters. The summed E-state index contributed by atoms with van der Waals surface area (Å²) in [7, 11) is 1.70. The largest absolute Gasteiger partial charge is 0.387 e. The summed E-state index contributed by atoms with van der Waals surface area (Å²) in [5.74, 6) is 4.07. The lowest BCUT2D eigenvalue weighted by molar-refractivity contribution is -0.0675. The normalized spacial score (nSPS) is 49.0. The van der Waals surface area contributed by atoms with Gasteiger partial charge in [0.2, 0.25) is 0 Å². The number of methoxy groups -OCH3 is 1. The number of ether oxygens (including phenoxy) is 1. The molecule has 0 aromatic carbocycles. The summed E-state index contributed by atoms with van der Waals surface area (Å²) in [4.78, 5) is 0. The Balaban J connectivity index is 1.56. The summed E-state index contributed by atoms with van der Waals surface area (Å²) in [6, 6.07) is 0. The third-order valence-electron chi connectivity index (χ3n) is 8.60. The van der Waals surface area contributed by atoms with E-state index in [-0.39, 0.29) is 0 Å². The molecule has 0 aliphatic heterocycles. The molecule has 0 unspecified atom stereocenters. The molecule has 0 spiro atoms. The summed E-state index contributed by atoms with van der Waals surface area (Å²) in [5.41, 5.74) is 2.83. The monoisotopic (exact) mass is 344 g/mol. The standard InChI is InChI=1S/C23H36O2/c1-15(2)20-7-8-21-19-6-5-16-13-23(24,14-25-4)12-10-17(16)18(19)9-11-22(20,21)3/h5,17-21,24H,1,6-14H2,2-4H3/t17-,18+,19+,20+,21-,22+,23-/m0/s1. The van der Waals surface area contributed by atoms with Crippen molar-refractivity contribution >= 4 is 0 Å². The first-order valence-corrected chi connectivity index (χ1v) is 10.4. The second kappa shape index (κ2) is 6.23. The van der Waals surface area contributed by atoms with E-state index in [2.05, 4.69) is 26.5 Å². The Bertz CT molecular complexity index is 579. The highest BCUT2D eigenvalue weighted by Crippen LogP contribution is 2.64. The molecule has 0 bridgehead atoms. The molecule has 25 heavy (non-hydrogen) atoms. The Labute approximate surface area is 153 Å². The predicted octanol–water partition coefficient (Wildman–Crippen LogP) is 5.13. The van der Waals surface area contributed by atoms with Crippen LogP contribution in [0.5, 0.6) is 0 Å². The third kappa shape index (κ3) is 2.75. The van der Waals surface area contributed by atoms with Crippen molar-refractivity contribution in [3.8, 4) is 0 Å². The van der Waals surface area contributed by atoms with Gasteiger partial charge in [0.05, 0.1) is 12.2 Å². The van der Waals surface area contributed by atoms with Crippen LogP contribution in [0.4, 0.5) is 0 Å². The highest BCUT2D eigenvalue weighted by molar-refractivity contribution is 5.23. The van der Waals surface area contributed by atoms with Gasteiger partial charge in [-0.1, -0.05) is 30.7 Å². The van der Waals surface area contributed by atoms with Crippen molar-refractivity contribution in [2.24, 2.45) is 35.0 Å². The minimum atomic E-state index is -0.620. The van der Waals surface area contributed by atoms with Crippen molar-refractivity contribution in [3.63, 3.8) is 0 Å². The van der Waals surface area contributed by atoms with Crippen LogP contribution in [0, 0.1) is 35.0 Å². The summed E-state index contributed by atoms with van der Waals surface area (Å²) in [5, 5.41) is 10.8. The van der Waals surface area contributed by atoms with E-state index >= 15 is 0 Å². The smallest absolute Gasteiger partial charge is 0.0917 e. The second-order valence-corrected chi connectivity index (χ2v) is 9.95. The fourth-order valence-electron chi connectivity index (χ4n) is 7.57. The highest BCUT2D eigenvalue weighted by atomic mass is 16.5. The van der Waals surface area contributed by atoms with E-state index in [0.29, 0.717) is 12.0 Å². The number of fused-ring (bicyclic) bond motifs is 5. The average molecular weight is 345 g/mol. The van der Waals surface area contributed by atoms with Gasteiger partial charge in [-0.05, 0) is 93.3 Å². The van der Waals surface area contributed by atoms with Crippen LogP contribution in [0.3, 0.4) is 0 Å². The summed E-state index contributed by atoms with van der Waals surface area (Å²) in [6.45, 7) is 9.62. The number of hydrogen-bond donors (Lipinski definition) is 1. The van der Waals surface area contributed by atoms with Gasteiger partial charge in [0, 0.05) is 7.11 Å². The zero-order valence-corrected chi connectivity index (χ0v) is 16.4. The minimum absolute atomic E-state index is 0.478. The van der Waals surface area contributed by atoms with E-state index in [1.54, 1.807) is 12.7 Å². The molecule has 4 aliphatic carbocycles. The Morgan fingerprint density at radius 2 is 2.04 bits per heavy atom. The third-order valence-corrected chi connectivity index (χ3v) is 8.60. The number of rotatable bonds is 3. The zero-order valence-electron chi connectivity index (χ0n) is 16.4. The first-order valence-electron chi connectivity index (χ1n) is 10.4. The van der Waals surface area contributed by atoms with Gasteiger partial charge in [0.25, 0.3) is 0 Å². The minimum Gasteiger partial charge on any atom is -0.387 e. The van der Waals surface area contributed by atoms with Crippen molar-refractivity contribution in [3.05, 3.63) is 23.8 Å². The van der Waals surface area contributed by atoms with E-state index in [1.165, 1.54) is 37.7 Å². The van der Waals surface area contributed by atoms with Crippen molar-refractivity contribution < 1.29 is 9.84 Å². The van der Waals surface area contributed by atoms with Crippen LogP contribution >= 0.6 is 0 Å². The van der Waals surface area contributed by atoms with Gasteiger partial charge in [-0.25, -0.2) is 0 Å². The maximum atomic E-state index is 10.8. The predicted molar refractivity (Wildman–Crippen MR) is 102 cm³/mol. The zero-order chi connectivity index (χ0) is 17.8. The van der Waals surface area contributed by atoms with Gasteiger partial charge in [-0.3, -0.25) is 0 Å². The van der Waals surface area contributed by atoms with Crippen molar-refractivity contribution in [2.45, 2.75) is 70.8 Å². The lowest BCUT2D eigenvalue weighted by atomic mass is 9.51. The highest BCUT2D eigenvalue weighted by Gasteiger charge is 2.56. The molecule has 0 saturated heterocycles. The van der Waals surface area contributed by atoms with E-state index in [0.717, 1.165) is 48.9 Å². The molecule has 0 aromatic rings. The average Bonchev–Trinajstić information content (AvgIpc) is 2.91. The fourth-order valence-corrected chi connectivity index (χ4v) is 7.57. The molecule has 0 radical (unpaired) electrons. The molecule has 0 amide bonds. The number of hydrogen-bond acceptors (Lipinski definition) is 2. The van der Waals surface area contributed by atoms with Gasteiger partial charge >= 0.3 is 0 Å². The molecular weight excluding hydrogens is 308 g/mol. The molecule has 4 aliphatic rings. The van der Waals surface area contributed by atoms with Crippen LogP contribution in [0.15, 0.2) is 23.8 Å². The Hall–Kier alpha value is -0.600. The SMILES string of the molecule is C=C(C)[C@H]1CC[C@H]2[C@@H]3CC=C4C[C@](O)(COC)CC[C@@H]4[C@H]3CC[C@]12C. The molecule has 0 heterocycles. The van der Waals surface area contributed by atoms with Crippen LogP contribution in [0.1, 0.15) is 65.2 Å². The van der Waals surface area contributed by atoms with Gasteiger partial charge in [-0.15, -0.1) is 0 Å². The lowest BCUT2D eigenvalue weighted by Crippen LogP contribution is -2.48. The maximum absolute atomic E-state index is 10.8. The van der Waals surface area contributed by atoms with Crippen LogP contribution in [0.2, 0.25) is 0 Å². The first kappa shape index (κ1) is 17.8. The Morgan fingerprint density at radius 1 is 1.24 bits per heavy atom. The molecular formula is C23H36O2. The fraction of sp³-hybridized carbons (Fsp3) is 0.826. The summed E-state index contributed by atoms with van der Waals surface area (Å²) < 4.78 is 5.29. The molecule has 1 N–H and O–H groups in total. The van der Waals surface area contributed by atoms with E-state index in [1.807, 2.05) is 0 Å². The Kier molecular flexibility index (Phi) is 4.44.